The summed E-state index contributed by atoms with van der Waals surface area (Å²) >= 11 is 0. The summed E-state index contributed by atoms with van der Waals surface area (Å²) in [5.74, 6) is -0.239. The Morgan fingerprint density at radius 3 is 2.50 bits per heavy atom. The summed E-state index contributed by atoms with van der Waals surface area (Å²) in [4.78, 5) is 35.9. The quantitative estimate of drug-likeness (QED) is 0.197. The molecule has 0 spiro atoms. The van der Waals surface area contributed by atoms with Gasteiger partial charge in [0.1, 0.15) is 11.8 Å². The molecule has 5 aromatic rings. The average molecular weight is 649 g/mol. The van der Waals surface area contributed by atoms with Crippen LogP contribution in [0.4, 0.5) is 11.5 Å². The Morgan fingerprint density at radius 1 is 1.00 bits per heavy atom. The van der Waals surface area contributed by atoms with Crippen LogP contribution in [0.2, 0.25) is 0 Å². The zero-order chi connectivity index (χ0) is 34.0. The zero-order valence-corrected chi connectivity index (χ0v) is 28.9. The molecule has 1 N–H and O–H groups in total. The van der Waals surface area contributed by atoms with E-state index in [2.05, 4.69) is 56.8 Å². The van der Waals surface area contributed by atoms with Crippen LogP contribution in [-0.4, -0.2) is 56.2 Å². The number of fused-ring (bicyclic) bond motifs is 4. The molecular weight excluding hydrogens is 604 g/mol. The number of pyridine rings is 2. The molecule has 1 atom stereocenters. The van der Waals surface area contributed by atoms with Crippen LogP contribution in [0.5, 0.6) is 0 Å². The third-order valence-corrected chi connectivity index (χ3v) is 9.75. The number of carboxylic acids is 1. The van der Waals surface area contributed by atoms with E-state index in [0.29, 0.717) is 29.1 Å². The smallest absolute Gasteiger partial charge is 0.337 e. The Morgan fingerprint density at radius 2 is 1.77 bits per heavy atom. The number of benzene rings is 1. The number of carbonyl (C=O) groups is 1. The van der Waals surface area contributed by atoms with Crippen LogP contribution in [0.1, 0.15) is 81.6 Å². The van der Waals surface area contributed by atoms with Gasteiger partial charge in [-0.2, -0.15) is 0 Å². The number of rotatable bonds is 6. The predicted molar refractivity (Wildman–Crippen MR) is 187 cm³/mol. The molecule has 0 unspecified atom stereocenters. The molecule has 6 heterocycles. The van der Waals surface area contributed by atoms with Gasteiger partial charge in [-0.25, -0.2) is 19.7 Å². The molecule has 10 nitrogen and oxygen atoms in total. The molecule has 0 bridgehead atoms. The lowest BCUT2D eigenvalue weighted by molar-refractivity contribution is -0.160. The van der Waals surface area contributed by atoms with E-state index in [1.807, 2.05) is 52.9 Å². The van der Waals surface area contributed by atoms with Crippen LogP contribution in [0, 0.1) is 19.3 Å². The van der Waals surface area contributed by atoms with E-state index in [1.165, 1.54) is 11.1 Å². The molecule has 10 heteroatoms. The van der Waals surface area contributed by atoms with Gasteiger partial charge in [-0.15, -0.1) is 0 Å². The van der Waals surface area contributed by atoms with Gasteiger partial charge in [0.15, 0.2) is 17.5 Å². The Hall–Kier alpha value is -4.57. The van der Waals surface area contributed by atoms with E-state index in [0.717, 1.165) is 78.1 Å². The summed E-state index contributed by atoms with van der Waals surface area (Å²) in [7, 11) is 0. The van der Waals surface area contributed by atoms with E-state index in [9.17, 15) is 9.90 Å². The minimum Gasteiger partial charge on any atom is -0.479 e. The van der Waals surface area contributed by atoms with Crippen LogP contribution in [-0.2, 0) is 22.5 Å². The number of hydrogen-bond donors (Lipinski definition) is 1. The fourth-order valence-electron chi connectivity index (χ4n) is 7.06. The van der Waals surface area contributed by atoms with Gasteiger partial charge in [0, 0.05) is 54.9 Å². The standard InChI is InChI=1S/C38H44N6O4/c1-22-8-11-27-30-33(47-35(27)42-22)34(41-21-40-30)44-15-12-24-18-25(9-10-26(24)20-44)28-19-39-23(2)29(32(36(45)46)48-37(3,4)5)31(28)43-16-13-38(6,7)14-17-43/h8-11,18-19,21,32H,12-17,20H2,1-7H3,(H,45,46)/t32-/m0/s1. The van der Waals surface area contributed by atoms with Crippen LogP contribution < -0.4 is 9.80 Å². The monoisotopic (exact) mass is 648 g/mol. The number of aliphatic carboxylic acids is 1. The second-order valence-electron chi connectivity index (χ2n) is 15.1. The second kappa shape index (κ2) is 11.8. The van der Waals surface area contributed by atoms with Crippen molar-refractivity contribution in [3.05, 3.63) is 70.9 Å². The maximum absolute atomic E-state index is 12.8. The highest BCUT2D eigenvalue weighted by molar-refractivity contribution is 6.04. The highest BCUT2D eigenvalue weighted by Crippen LogP contribution is 2.44. The first-order valence-corrected chi connectivity index (χ1v) is 16.8. The topological polar surface area (TPSA) is 118 Å². The molecule has 1 aromatic carbocycles. The molecule has 0 radical (unpaired) electrons. The minimum atomic E-state index is -1.14. The molecule has 7 rings (SSSR count). The largest absolute Gasteiger partial charge is 0.479 e. The van der Waals surface area contributed by atoms with Crippen molar-refractivity contribution in [2.75, 3.05) is 29.4 Å². The van der Waals surface area contributed by atoms with Gasteiger partial charge in [-0.05, 0) is 88.1 Å². The van der Waals surface area contributed by atoms with Crippen LogP contribution in [0.25, 0.3) is 33.3 Å². The van der Waals surface area contributed by atoms with Gasteiger partial charge < -0.3 is 24.1 Å². The van der Waals surface area contributed by atoms with Gasteiger partial charge in [0.25, 0.3) is 0 Å². The number of hydrogen-bond acceptors (Lipinski definition) is 9. The second-order valence-corrected chi connectivity index (χ2v) is 15.1. The summed E-state index contributed by atoms with van der Waals surface area (Å²) in [6.07, 6.45) is 5.22. The molecule has 48 heavy (non-hydrogen) atoms. The molecule has 2 aliphatic rings. The van der Waals surface area contributed by atoms with Crippen molar-refractivity contribution in [3.8, 4) is 11.1 Å². The molecule has 0 amide bonds. The Labute approximate surface area is 281 Å². The number of carboxylic acid groups (broad SMARTS) is 1. The maximum Gasteiger partial charge on any atom is 0.337 e. The Balaban J connectivity index is 1.27. The number of anilines is 2. The molecule has 0 aliphatic carbocycles. The molecule has 4 aromatic heterocycles. The summed E-state index contributed by atoms with van der Waals surface area (Å²) < 4.78 is 12.4. The minimum absolute atomic E-state index is 0.234. The number of aromatic nitrogens is 4. The lowest BCUT2D eigenvalue weighted by Gasteiger charge is -2.41. The summed E-state index contributed by atoms with van der Waals surface area (Å²) in [6.45, 7) is 17.2. The zero-order valence-electron chi connectivity index (χ0n) is 28.9. The van der Waals surface area contributed by atoms with Crippen LogP contribution >= 0.6 is 0 Å². The van der Waals surface area contributed by atoms with Gasteiger partial charge >= 0.3 is 5.97 Å². The first-order chi connectivity index (χ1) is 22.8. The predicted octanol–water partition coefficient (Wildman–Crippen LogP) is 7.58. The number of ether oxygens (including phenoxy) is 1. The Kier molecular flexibility index (Phi) is 7.89. The Bertz CT molecular complexity index is 2040. The number of nitrogens with zero attached hydrogens (tertiary/aromatic N) is 6. The van der Waals surface area contributed by atoms with Crippen molar-refractivity contribution in [2.45, 2.75) is 86.0 Å². The van der Waals surface area contributed by atoms with Crippen molar-refractivity contribution in [1.82, 2.24) is 19.9 Å². The third kappa shape index (κ3) is 5.98. The summed E-state index contributed by atoms with van der Waals surface area (Å²) in [6, 6.07) is 10.5. The van der Waals surface area contributed by atoms with Crippen molar-refractivity contribution in [1.29, 1.82) is 0 Å². The van der Waals surface area contributed by atoms with Crippen LogP contribution in [0.3, 0.4) is 0 Å². The van der Waals surface area contributed by atoms with E-state index in [-0.39, 0.29) is 5.41 Å². The van der Waals surface area contributed by atoms with Crippen molar-refractivity contribution < 1.29 is 19.1 Å². The maximum atomic E-state index is 12.8. The van der Waals surface area contributed by atoms with Crippen molar-refractivity contribution in [3.63, 3.8) is 0 Å². The van der Waals surface area contributed by atoms with E-state index in [1.54, 1.807) is 6.33 Å². The van der Waals surface area contributed by atoms with Gasteiger partial charge in [0.05, 0.1) is 16.7 Å². The summed E-state index contributed by atoms with van der Waals surface area (Å²) in [5, 5.41) is 11.4. The van der Waals surface area contributed by atoms with E-state index < -0.39 is 17.7 Å². The number of aryl methyl sites for hydroxylation is 2. The lowest BCUT2D eigenvalue weighted by atomic mass is 9.82. The molecule has 0 saturated carbocycles. The fraction of sp³-hybridized carbons (Fsp3) is 0.447. The number of piperidine rings is 1. The van der Waals surface area contributed by atoms with Crippen molar-refractivity contribution >= 4 is 39.7 Å². The highest BCUT2D eigenvalue weighted by atomic mass is 16.5. The van der Waals surface area contributed by atoms with Crippen LogP contribution in [0.15, 0.2) is 47.3 Å². The fourth-order valence-corrected chi connectivity index (χ4v) is 7.06. The van der Waals surface area contributed by atoms with Gasteiger partial charge in [-0.1, -0.05) is 32.0 Å². The van der Waals surface area contributed by atoms with E-state index >= 15 is 0 Å². The third-order valence-electron chi connectivity index (χ3n) is 9.75. The SMILES string of the molecule is Cc1ccc2c(n1)oc1c(N3CCc4cc(-c5cnc(C)c([C@H](OC(C)(C)C)C(=O)O)c5N5CCC(C)(C)CC5)ccc4C3)ncnc12. The molecular formula is C38H44N6O4. The molecule has 1 saturated heterocycles. The number of furan rings is 1. The summed E-state index contributed by atoms with van der Waals surface area (Å²) in [5.41, 5.74) is 9.14. The van der Waals surface area contributed by atoms with Crippen molar-refractivity contribution in [2.24, 2.45) is 5.41 Å². The van der Waals surface area contributed by atoms with Gasteiger partial charge in [-0.3, -0.25) is 4.98 Å². The highest BCUT2D eigenvalue weighted by Gasteiger charge is 2.36. The molecule has 2 aliphatic heterocycles. The molecule has 250 valence electrons. The lowest BCUT2D eigenvalue weighted by Crippen LogP contribution is -2.39. The first-order valence-electron chi connectivity index (χ1n) is 16.8. The van der Waals surface area contributed by atoms with Gasteiger partial charge in [0.2, 0.25) is 5.71 Å². The average Bonchev–Trinajstić information content (AvgIpc) is 3.40. The first kappa shape index (κ1) is 32.0. The normalized spacial score (nSPS) is 17.1. The van der Waals surface area contributed by atoms with E-state index in [4.69, 9.17) is 14.1 Å². The molecule has 1 fully saturated rings.